The number of aliphatic hydroxyl groups is 2. The lowest BCUT2D eigenvalue weighted by molar-refractivity contribution is -0.146. The van der Waals surface area contributed by atoms with Crippen LogP contribution in [0.4, 0.5) is 0 Å². The van der Waals surface area contributed by atoms with E-state index in [1.54, 1.807) is 0 Å². The Morgan fingerprint density at radius 3 is 1.35 bits per heavy atom. The summed E-state index contributed by atoms with van der Waals surface area (Å²) in [6.45, 7) is 9.28. The highest BCUT2D eigenvalue weighted by molar-refractivity contribution is 5.90. The molecule has 6 heteroatoms. The standard InChI is InChI=1S/C20H40N2O4/c1-5-9-11-15(7-3)13-21-19(25)17(23)18(24)20(26)22-14-16(8-4)12-10-6-2/h15-18,23-24H,5-14H2,1-4H3,(H,21,25)(H,22,26)/t15?,16?,17-,18-/m1/s1. The molecule has 0 spiro atoms. The molecule has 0 aromatic carbocycles. The maximum absolute atomic E-state index is 12.0. The van der Waals surface area contributed by atoms with Crippen LogP contribution in [0, 0.1) is 11.8 Å². The van der Waals surface area contributed by atoms with Crippen LogP contribution < -0.4 is 10.6 Å². The number of aliphatic hydroxyl groups excluding tert-OH is 2. The quantitative estimate of drug-likeness (QED) is 0.355. The first-order valence-electron chi connectivity index (χ1n) is 10.3. The van der Waals surface area contributed by atoms with Crippen molar-refractivity contribution in [3.63, 3.8) is 0 Å². The maximum atomic E-state index is 12.0. The molecule has 0 saturated heterocycles. The lowest BCUT2D eigenvalue weighted by atomic mass is 9.99. The molecule has 0 fully saturated rings. The second-order valence-electron chi connectivity index (χ2n) is 7.21. The molecule has 0 radical (unpaired) electrons. The van der Waals surface area contributed by atoms with Gasteiger partial charge in [-0.15, -0.1) is 0 Å². The monoisotopic (exact) mass is 372 g/mol. The molecule has 0 aliphatic heterocycles. The number of nitrogens with one attached hydrogen (secondary N) is 2. The predicted molar refractivity (Wildman–Crippen MR) is 105 cm³/mol. The summed E-state index contributed by atoms with van der Waals surface area (Å²) in [5.41, 5.74) is 0. The number of carbonyl (C=O) groups is 2. The van der Waals surface area contributed by atoms with Crippen molar-refractivity contribution in [1.29, 1.82) is 0 Å². The summed E-state index contributed by atoms with van der Waals surface area (Å²) >= 11 is 0. The number of hydrogen-bond acceptors (Lipinski definition) is 4. The van der Waals surface area contributed by atoms with Gasteiger partial charge in [-0.05, 0) is 24.7 Å². The molecule has 0 rings (SSSR count). The van der Waals surface area contributed by atoms with Crippen LogP contribution in [0.25, 0.3) is 0 Å². The fourth-order valence-corrected chi connectivity index (χ4v) is 2.87. The Morgan fingerprint density at radius 2 is 1.08 bits per heavy atom. The third-order valence-electron chi connectivity index (χ3n) is 5.05. The molecule has 0 aromatic heterocycles. The molecule has 4 atom stereocenters. The molecule has 4 N–H and O–H groups in total. The molecule has 0 bridgehead atoms. The first kappa shape index (κ1) is 24.9. The van der Waals surface area contributed by atoms with Gasteiger partial charge in [-0.1, -0.05) is 66.2 Å². The third kappa shape index (κ3) is 10.1. The normalized spacial score (nSPS) is 15.8. The fourth-order valence-electron chi connectivity index (χ4n) is 2.87. The second-order valence-corrected chi connectivity index (χ2v) is 7.21. The molecular weight excluding hydrogens is 332 g/mol. The van der Waals surface area contributed by atoms with Crippen molar-refractivity contribution in [3.8, 4) is 0 Å². The maximum Gasteiger partial charge on any atom is 0.252 e. The third-order valence-corrected chi connectivity index (χ3v) is 5.05. The first-order valence-corrected chi connectivity index (χ1v) is 10.3. The largest absolute Gasteiger partial charge is 0.380 e. The van der Waals surface area contributed by atoms with Gasteiger partial charge in [0, 0.05) is 13.1 Å². The zero-order valence-electron chi connectivity index (χ0n) is 17.1. The average Bonchev–Trinajstić information content (AvgIpc) is 2.66. The highest BCUT2D eigenvalue weighted by Gasteiger charge is 2.30. The van der Waals surface area contributed by atoms with Crippen LogP contribution in [0.15, 0.2) is 0 Å². The number of amides is 2. The molecule has 0 aromatic rings. The van der Waals surface area contributed by atoms with E-state index in [9.17, 15) is 19.8 Å². The number of carbonyl (C=O) groups excluding carboxylic acids is 2. The van der Waals surface area contributed by atoms with Crippen LogP contribution in [-0.2, 0) is 9.59 Å². The summed E-state index contributed by atoms with van der Waals surface area (Å²) in [5, 5.41) is 25.2. The molecule has 154 valence electrons. The Kier molecular flexibility index (Phi) is 14.3. The van der Waals surface area contributed by atoms with E-state index in [-0.39, 0.29) is 0 Å². The van der Waals surface area contributed by atoms with Gasteiger partial charge in [0.1, 0.15) is 0 Å². The van der Waals surface area contributed by atoms with Crippen molar-refractivity contribution in [2.45, 2.75) is 91.3 Å². The highest BCUT2D eigenvalue weighted by atomic mass is 16.3. The summed E-state index contributed by atoms with van der Waals surface area (Å²) in [6.07, 6.45) is 4.82. The van der Waals surface area contributed by atoms with Crippen molar-refractivity contribution in [1.82, 2.24) is 10.6 Å². The van der Waals surface area contributed by atoms with Crippen molar-refractivity contribution in [2.75, 3.05) is 13.1 Å². The summed E-state index contributed by atoms with van der Waals surface area (Å²) in [6, 6.07) is 0. The Morgan fingerprint density at radius 1 is 0.731 bits per heavy atom. The molecule has 2 unspecified atom stereocenters. The van der Waals surface area contributed by atoms with E-state index in [1.807, 2.05) is 0 Å². The van der Waals surface area contributed by atoms with E-state index in [1.165, 1.54) is 0 Å². The van der Waals surface area contributed by atoms with Gasteiger partial charge in [-0.2, -0.15) is 0 Å². The SMILES string of the molecule is CCCCC(CC)CNC(=O)[C@H](O)[C@@H](O)C(=O)NCC(CC)CCCC. The molecule has 6 nitrogen and oxygen atoms in total. The van der Waals surface area contributed by atoms with Gasteiger partial charge in [0.2, 0.25) is 0 Å². The van der Waals surface area contributed by atoms with Gasteiger partial charge in [0.15, 0.2) is 12.2 Å². The van der Waals surface area contributed by atoms with Crippen LogP contribution in [-0.4, -0.2) is 47.3 Å². The summed E-state index contributed by atoms with van der Waals surface area (Å²) < 4.78 is 0. The van der Waals surface area contributed by atoms with E-state index in [4.69, 9.17) is 0 Å². The smallest absolute Gasteiger partial charge is 0.252 e. The molecule has 0 aliphatic carbocycles. The van der Waals surface area contributed by atoms with E-state index in [0.717, 1.165) is 51.4 Å². The molecular formula is C20H40N2O4. The number of rotatable bonds is 15. The van der Waals surface area contributed by atoms with Crippen LogP contribution in [0.1, 0.15) is 79.1 Å². The predicted octanol–water partition coefficient (Wildman–Crippen LogP) is 2.37. The van der Waals surface area contributed by atoms with Gasteiger partial charge in [0.05, 0.1) is 0 Å². The summed E-state index contributed by atoms with van der Waals surface area (Å²) in [7, 11) is 0. The second kappa shape index (κ2) is 15.0. The van der Waals surface area contributed by atoms with Gasteiger partial charge >= 0.3 is 0 Å². The lowest BCUT2D eigenvalue weighted by Gasteiger charge is -2.21. The van der Waals surface area contributed by atoms with Gasteiger partial charge in [-0.25, -0.2) is 0 Å². The topological polar surface area (TPSA) is 98.7 Å². The van der Waals surface area contributed by atoms with Crippen molar-refractivity contribution >= 4 is 11.8 Å². The molecule has 0 saturated carbocycles. The average molecular weight is 373 g/mol. The Bertz CT molecular complexity index is 354. The van der Waals surface area contributed by atoms with Gasteiger partial charge < -0.3 is 20.8 Å². The van der Waals surface area contributed by atoms with E-state index < -0.39 is 24.0 Å². The van der Waals surface area contributed by atoms with Crippen LogP contribution in [0.2, 0.25) is 0 Å². The number of hydrogen-bond donors (Lipinski definition) is 4. The molecule has 26 heavy (non-hydrogen) atoms. The van der Waals surface area contributed by atoms with E-state index in [2.05, 4.69) is 38.3 Å². The van der Waals surface area contributed by atoms with Crippen molar-refractivity contribution < 1.29 is 19.8 Å². The molecule has 0 heterocycles. The summed E-state index contributed by atoms with van der Waals surface area (Å²) in [5.74, 6) is -0.692. The minimum atomic E-state index is -1.74. The summed E-state index contributed by atoms with van der Waals surface area (Å²) in [4.78, 5) is 24.0. The lowest BCUT2D eigenvalue weighted by Crippen LogP contribution is -2.50. The van der Waals surface area contributed by atoms with E-state index in [0.29, 0.717) is 24.9 Å². The van der Waals surface area contributed by atoms with Crippen LogP contribution in [0.3, 0.4) is 0 Å². The minimum Gasteiger partial charge on any atom is -0.380 e. The minimum absolute atomic E-state index is 0.348. The Labute approximate surface area is 159 Å². The molecule has 2 amide bonds. The highest BCUT2D eigenvalue weighted by Crippen LogP contribution is 2.12. The van der Waals surface area contributed by atoms with Crippen LogP contribution in [0.5, 0.6) is 0 Å². The molecule has 0 aliphatic rings. The Balaban J connectivity index is 4.33. The van der Waals surface area contributed by atoms with Gasteiger partial charge in [0.25, 0.3) is 11.8 Å². The van der Waals surface area contributed by atoms with E-state index >= 15 is 0 Å². The van der Waals surface area contributed by atoms with Crippen molar-refractivity contribution in [3.05, 3.63) is 0 Å². The Hall–Kier alpha value is -1.14. The van der Waals surface area contributed by atoms with Crippen LogP contribution >= 0.6 is 0 Å². The fraction of sp³-hybridized carbons (Fsp3) is 0.900. The number of unbranched alkanes of at least 4 members (excludes halogenated alkanes) is 2. The first-order chi connectivity index (χ1) is 12.4. The van der Waals surface area contributed by atoms with Crippen molar-refractivity contribution in [2.24, 2.45) is 11.8 Å². The zero-order valence-corrected chi connectivity index (χ0v) is 17.1. The van der Waals surface area contributed by atoms with Gasteiger partial charge in [-0.3, -0.25) is 9.59 Å². The zero-order chi connectivity index (χ0) is 19.9.